The van der Waals surface area contributed by atoms with Gasteiger partial charge in [0.25, 0.3) is 5.91 Å². The van der Waals surface area contributed by atoms with Crippen LogP contribution >= 0.6 is 0 Å². The quantitative estimate of drug-likeness (QED) is 0.668. The van der Waals surface area contributed by atoms with Crippen LogP contribution in [0.4, 0.5) is 14.9 Å². The Morgan fingerprint density at radius 2 is 2.03 bits per heavy atom. The van der Waals surface area contributed by atoms with Crippen molar-refractivity contribution in [3.8, 4) is 0 Å². The highest BCUT2D eigenvalue weighted by Gasteiger charge is 2.38. The molecular formula is C23H21FN4O3. The minimum absolute atomic E-state index is 0.115. The molecule has 1 aromatic heterocycles. The Hall–Kier alpha value is -3.81. The van der Waals surface area contributed by atoms with E-state index < -0.39 is 17.4 Å². The molecule has 0 fully saturated rings. The molecule has 2 amide bonds. The Balaban J connectivity index is 1.53. The van der Waals surface area contributed by atoms with E-state index in [2.05, 4.69) is 20.6 Å². The molecule has 3 aromatic rings. The number of rotatable bonds is 4. The van der Waals surface area contributed by atoms with E-state index in [0.29, 0.717) is 22.8 Å². The molecular weight excluding hydrogens is 399 g/mol. The number of benzene rings is 2. The van der Waals surface area contributed by atoms with Crippen molar-refractivity contribution in [2.75, 3.05) is 5.32 Å². The zero-order valence-electron chi connectivity index (χ0n) is 17.1. The summed E-state index contributed by atoms with van der Waals surface area (Å²) in [5.41, 5.74) is 1.34. The van der Waals surface area contributed by atoms with Gasteiger partial charge < -0.3 is 10.1 Å². The molecule has 0 bridgehead atoms. The molecule has 1 aliphatic heterocycles. The van der Waals surface area contributed by atoms with E-state index in [1.165, 1.54) is 24.4 Å². The summed E-state index contributed by atoms with van der Waals surface area (Å²) in [5, 5.41) is 5.46. The van der Waals surface area contributed by atoms with Crippen LogP contribution in [0.5, 0.6) is 0 Å². The lowest BCUT2D eigenvalue weighted by atomic mass is 9.82. The van der Waals surface area contributed by atoms with Crippen molar-refractivity contribution < 1.29 is 18.7 Å². The van der Waals surface area contributed by atoms with E-state index in [1.807, 2.05) is 30.3 Å². The Kier molecular flexibility index (Phi) is 5.37. The summed E-state index contributed by atoms with van der Waals surface area (Å²) in [7, 11) is 0. The average molecular weight is 420 g/mol. The van der Waals surface area contributed by atoms with E-state index in [4.69, 9.17) is 4.74 Å². The highest BCUT2D eigenvalue weighted by Crippen LogP contribution is 2.33. The Morgan fingerprint density at radius 3 is 2.81 bits per heavy atom. The number of nitrogens with zero attached hydrogens (tertiary/aromatic N) is 2. The first-order valence-corrected chi connectivity index (χ1v) is 9.77. The molecule has 1 aliphatic rings. The summed E-state index contributed by atoms with van der Waals surface area (Å²) in [5.74, 6) is -0.336. The lowest BCUT2D eigenvalue weighted by Gasteiger charge is -2.36. The summed E-state index contributed by atoms with van der Waals surface area (Å²) in [6.45, 7) is 3.57. The minimum atomic E-state index is -1.04. The van der Waals surface area contributed by atoms with Crippen molar-refractivity contribution in [1.82, 2.24) is 15.3 Å². The van der Waals surface area contributed by atoms with Gasteiger partial charge in [-0.2, -0.15) is 0 Å². The Morgan fingerprint density at radius 1 is 1.26 bits per heavy atom. The van der Waals surface area contributed by atoms with Crippen molar-refractivity contribution in [3.63, 3.8) is 0 Å². The first-order valence-electron chi connectivity index (χ1n) is 9.77. The van der Waals surface area contributed by atoms with Crippen LogP contribution in [0.15, 0.2) is 54.7 Å². The predicted molar refractivity (Wildman–Crippen MR) is 112 cm³/mol. The number of halogens is 1. The van der Waals surface area contributed by atoms with Crippen molar-refractivity contribution in [2.45, 2.75) is 32.4 Å². The summed E-state index contributed by atoms with van der Waals surface area (Å²) in [4.78, 5) is 33.2. The van der Waals surface area contributed by atoms with E-state index in [1.54, 1.807) is 13.8 Å². The fourth-order valence-corrected chi connectivity index (χ4v) is 3.60. The van der Waals surface area contributed by atoms with Crippen molar-refractivity contribution in [2.24, 2.45) is 0 Å². The van der Waals surface area contributed by atoms with Gasteiger partial charge in [-0.15, -0.1) is 0 Å². The van der Waals surface area contributed by atoms with Crippen LogP contribution in [0.2, 0.25) is 0 Å². The average Bonchev–Trinajstić information content (AvgIpc) is 2.74. The van der Waals surface area contributed by atoms with Gasteiger partial charge in [-0.1, -0.05) is 30.3 Å². The van der Waals surface area contributed by atoms with Gasteiger partial charge in [-0.05, 0) is 37.6 Å². The van der Waals surface area contributed by atoms with Crippen LogP contribution in [0.1, 0.15) is 39.9 Å². The third kappa shape index (κ3) is 4.37. The number of ether oxygens (including phenoxy) is 1. The number of fused-ring (bicyclic) bond motifs is 1. The van der Waals surface area contributed by atoms with Crippen LogP contribution < -0.4 is 10.6 Å². The van der Waals surface area contributed by atoms with E-state index >= 15 is 0 Å². The lowest BCUT2D eigenvalue weighted by Crippen LogP contribution is -2.50. The van der Waals surface area contributed by atoms with Gasteiger partial charge in [-0.25, -0.2) is 19.2 Å². The van der Waals surface area contributed by atoms with Crippen LogP contribution in [-0.2, 0) is 23.3 Å². The standard InChI is InChI=1S/C23H21FN4O3/c1-14-25-12-17-20(26-14)11-23(2,28-21(17)29)18-10-16(8-9-19(18)24)27-22(30)31-13-15-6-4-3-5-7-15/h3-10,12H,11,13H2,1-2H3,(H,27,30)(H,28,29)/t23-/m0/s1. The van der Waals surface area contributed by atoms with Crippen LogP contribution in [0.3, 0.4) is 0 Å². The zero-order chi connectivity index (χ0) is 22.0. The number of carbonyl (C=O) groups is 2. The third-order valence-corrected chi connectivity index (χ3v) is 5.16. The van der Waals surface area contributed by atoms with Crippen molar-refractivity contribution >= 4 is 17.7 Å². The van der Waals surface area contributed by atoms with Crippen LogP contribution in [0, 0.1) is 12.7 Å². The lowest BCUT2D eigenvalue weighted by molar-refractivity contribution is 0.0881. The molecule has 0 saturated carbocycles. The van der Waals surface area contributed by atoms with Gasteiger partial charge in [0.05, 0.1) is 16.8 Å². The van der Waals surface area contributed by atoms with Gasteiger partial charge in [0.15, 0.2) is 0 Å². The van der Waals surface area contributed by atoms with Gasteiger partial charge in [0.2, 0.25) is 0 Å². The van der Waals surface area contributed by atoms with Crippen LogP contribution in [0.25, 0.3) is 0 Å². The summed E-state index contributed by atoms with van der Waals surface area (Å²) in [6, 6.07) is 13.5. The number of amides is 2. The fourth-order valence-electron chi connectivity index (χ4n) is 3.60. The van der Waals surface area contributed by atoms with Gasteiger partial charge >= 0.3 is 6.09 Å². The van der Waals surface area contributed by atoms with Gasteiger partial charge in [0, 0.05) is 23.9 Å². The normalized spacial score (nSPS) is 17.5. The summed E-state index contributed by atoms with van der Waals surface area (Å²) >= 11 is 0. The smallest absolute Gasteiger partial charge is 0.411 e. The monoisotopic (exact) mass is 420 g/mol. The van der Waals surface area contributed by atoms with E-state index in [9.17, 15) is 14.0 Å². The third-order valence-electron chi connectivity index (χ3n) is 5.16. The number of carbonyl (C=O) groups excluding carboxylic acids is 2. The Bertz CT molecular complexity index is 1150. The van der Waals surface area contributed by atoms with Crippen molar-refractivity contribution in [1.29, 1.82) is 0 Å². The summed E-state index contributed by atoms with van der Waals surface area (Å²) in [6.07, 6.45) is 1.10. The molecule has 2 aromatic carbocycles. The molecule has 0 radical (unpaired) electrons. The number of nitrogens with one attached hydrogen (secondary N) is 2. The number of anilines is 1. The van der Waals surface area contributed by atoms with Crippen LogP contribution in [-0.4, -0.2) is 22.0 Å². The SMILES string of the molecule is Cc1ncc2c(n1)C[C@@](C)(c1cc(NC(=O)OCc3ccccc3)ccc1F)NC2=O. The number of hydrogen-bond acceptors (Lipinski definition) is 5. The fraction of sp³-hybridized carbons (Fsp3) is 0.217. The molecule has 8 heteroatoms. The number of aromatic nitrogens is 2. The molecule has 1 atom stereocenters. The molecule has 2 heterocycles. The molecule has 0 saturated heterocycles. The molecule has 4 rings (SSSR count). The van der Waals surface area contributed by atoms with E-state index in [-0.39, 0.29) is 24.5 Å². The second-order valence-electron chi connectivity index (χ2n) is 7.62. The maximum absolute atomic E-state index is 14.8. The molecule has 158 valence electrons. The number of aryl methyl sites for hydroxylation is 1. The Labute approximate surface area is 178 Å². The van der Waals surface area contributed by atoms with Gasteiger partial charge in [-0.3, -0.25) is 10.1 Å². The second-order valence-corrected chi connectivity index (χ2v) is 7.62. The maximum Gasteiger partial charge on any atom is 0.411 e. The van der Waals surface area contributed by atoms with Gasteiger partial charge in [0.1, 0.15) is 18.2 Å². The topological polar surface area (TPSA) is 93.2 Å². The highest BCUT2D eigenvalue weighted by atomic mass is 19.1. The minimum Gasteiger partial charge on any atom is -0.444 e. The molecule has 0 unspecified atom stereocenters. The van der Waals surface area contributed by atoms with E-state index in [0.717, 1.165) is 5.56 Å². The van der Waals surface area contributed by atoms with Crippen molar-refractivity contribution in [3.05, 3.63) is 88.8 Å². The molecule has 31 heavy (non-hydrogen) atoms. The molecule has 0 spiro atoms. The highest BCUT2D eigenvalue weighted by molar-refractivity contribution is 5.97. The molecule has 0 aliphatic carbocycles. The number of hydrogen-bond donors (Lipinski definition) is 2. The predicted octanol–water partition coefficient (Wildman–Crippen LogP) is 3.87. The zero-order valence-corrected chi connectivity index (χ0v) is 17.1. The first-order chi connectivity index (χ1) is 14.8. The summed E-state index contributed by atoms with van der Waals surface area (Å²) < 4.78 is 20.0. The first kappa shape index (κ1) is 20.5. The largest absolute Gasteiger partial charge is 0.444 e. The molecule has 2 N–H and O–H groups in total. The molecule has 7 nitrogen and oxygen atoms in total. The second kappa shape index (κ2) is 8.14. The maximum atomic E-state index is 14.8.